The Bertz CT molecular complexity index is 1010. The van der Waals surface area contributed by atoms with Crippen molar-refractivity contribution in [1.29, 1.82) is 0 Å². The molecule has 3 rings (SSSR count). The van der Waals surface area contributed by atoms with E-state index < -0.39 is 0 Å². The van der Waals surface area contributed by atoms with Gasteiger partial charge in [-0.05, 0) is 48.6 Å². The van der Waals surface area contributed by atoms with E-state index in [9.17, 15) is 14.4 Å². The molecular formula is C23H30N4O5. The molecule has 2 N–H and O–H groups in total. The molecule has 1 aromatic carbocycles. The van der Waals surface area contributed by atoms with Crippen molar-refractivity contribution in [1.82, 2.24) is 20.1 Å². The maximum Gasteiger partial charge on any atom is 0.315 e. The molecule has 0 aliphatic carbocycles. The number of carbonyl (C=O) groups is 2. The Morgan fingerprint density at radius 1 is 1.06 bits per heavy atom. The Hall–Kier alpha value is -3.49. The van der Waals surface area contributed by atoms with Crippen molar-refractivity contribution in [2.75, 3.05) is 33.9 Å². The molecule has 172 valence electrons. The van der Waals surface area contributed by atoms with Gasteiger partial charge in [0, 0.05) is 39.4 Å². The number of rotatable bonds is 7. The lowest BCUT2D eigenvalue weighted by atomic mass is 9.96. The molecule has 1 saturated heterocycles. The molecule has 9 nitrogen and oxygen atoms in total. The number of carbonyl (C=O) groups excluding carboxylic acids is 2. The van der Waals surface area contributed by atoms with Gasteiger partial charge in [0.05, 0.1) is 14.2 Å². The number of likely N-dealkylation sites (tertiary alicyclic amines) is 1. The summed E-state index contributed by atoms with van der Waals surface area (Å²) in [6.07, 6.45) is 3.18. The third-order valence-corrected chi connectivity index (χ3v) is 5.71. The second kappa shape index (κ2) is 10.7. The SMILES string of the molecule is COc1ccc(CNC(=O)NCC2CCN(C(=O)c3cccn(C)c3=O)CC2)cc1OC. The molecule has 0 unspecified atom stereocenters. The molecule has 2 aromatic rings. The molecule has 0 bridgehead atoms. The maximum atomic E-state index is 12.7. The first kappa shape index (κ1) is 23.2. The lowest BCUT2D eigenvalue weighted by molar-refractivity contribution is 0.0688. The van der Waals surface area contributed by atoms with Crippen molar-refractivity contribution in [3.8, 4) is 11.5 Å². The lowest BCUT2D eigenvalue weighted by Gasteiger charge is -2.32. The fourth-order valence-corrected chi connectivity index (χ4v) is 3.74. The number of hydrogen-bond donors (Lipinski definition) is 2. The van der Waals surface area contributed by atoms with Crippen LogP contribution in [0.3, 0.4) is 0 Å². The highest BCUT2D eigenvalue weighted by Gasteiger charge is 2.25. The molecule has 0 radical (unpaired) electrons. The summed E-state index contributed by atoms with van der Waals surface area (Å²) in [6.45, 7) is 2.03. The fourth-order valence-electron chi connectivity index (χ4n) is 3.74. The van der Waals surface area contributed by atoms with E-state index in [0.717, 1.165) is 18.4 Å². The van der Waals surface area contributed by atoms with Gasteiger partial charge in [0.1, 0.15) is 5.56 Å². The number of methoxy groups -OCH3 is 2. The van der Waals surface area contributed by atoms with Gasteiger partial charge in [-0.3, -0.25) is 9.59 Å². The normalized spacial score (nSPS) is 14.0. The molecule has 0 spiro atoms. The van der Waals surface area contributed by atoms with Crippen molar-refractivity contribution in [3.63, 3.8) is 0 Å². The van der Waals surface area contributed by atoms with Crippen LogP contribution in [-0.2, 0) is 13.6 Å². The zero-order chi connectivity index (χ0) is 23.1. The molecule has 1 aliphatic heterocycles. The fraction of sp³-hybridized carbons (Fsp3) is 0.435. The Morgan fingerprint density at radius 2 is 1.78 bits per heavy atom. The van der Waals surface area contributed by atoms with E-state index in [-0.39, 0.29) is 29.0 Å². The van der Waals surface area contributed by atoms with E-state index in [0.29, 0.717) is 37.7 Å². The highest BCUT2D eigenvalue weighted by Crippen LogP contribution is 2.27. The highest BCUT2D eigenvalue weighted by molar-refractivity contribution is 5.93. The Labute approximate surface area is 187 Å². The van der Waals surface area contributed by atoms with Crippen LogP contribution < -0.4 is 25.7 Å². The van der Waals surface area contributed by atoms with E-state index in [2.05, 4.69) is 10.6 Å². The third-order valence-electron chi connectivity index (χ3n) is 5.71. The summed E-state index contributed by atoms with van der Waals surface area (Å²) in [5.41, 5.74) is 0.810. The topological polar surface area (TPSA) is 102 Å². The summed E-state index contributed by atoms with van der Waals surface area (Å²) in [4.78, 5) is 38.7. The second-order valence-electron chi connectivity index (χ2n) is 7.83. The third kappa shape index (κ3) is 5.60. The second-order valence-corrected chi connectivity index (χ2v) is 7.83. The van der Waals surface area contributed by atoms with E-state index in [4.69, 9.17) is 9.47 Å². The number of amides is 3. The quantitative estimate of drug-likeness (QED) is 0.680. The molecule has 0 atom stereocenters. The zero-order valence-corrected chi connectivity index (χ0v) is 18.7. The van der Waals surface area contributed by atoms with E-state index in [1.54, 1.807) is 50.6 Å². The van der Waals surface area contributed by atoms with Gasteiger partial charge in [-0.1, -0.05) is 6.07 Å². The predicted molar refractivity (Wildman–Crippen MR) is 120 cm³/mol. The minimum atomic E-state index is -0.285. The summed E-state index contributed by atoms with van der Waals surface area (Å²) in [6, 6.07) is 8.52. The molecule has 1 aliphatic rings. The number of urea groups is 1. The Morgan fingerprint density at radius 3 is 2.47 bits per heavy atom. The van der Waals surface area contributed by atoms with E-state index >= 15 is 0 Å². The molecular weight excluding hydrogens is 412 g/mol. The van der Waals surface area contributed by atoms with Crippen molar-refractivity contribution < 1.29 is 19.1 Å². The molecule has 0 saturated carbocycles. The van der Waals surface area contributed by atoms with Gasteiger partial charge in [0.25, 0.3) is 11.5 Å². The molecule has 9 heteroatoms. The van der Waals surface area contributed by atoms with Gasteiger partial charge in [-0.15, -0.1) is 0 Å². The van der Waals surface area contributed by atoms with Crippen LogP contribution in [0.4, 0.5) is 4.79 Å². The smallest absolute Gasteiger partial charge is 0.315 e. The van der Waals surface area contributed by atoms with Crippen LogP contribution in [-0.4, -0.2) is 55.3 Å². The number of ether oxygens (including phenoxy) is 2. The molecule has 3 amide bonds. The highest BCUT2D eigenvalue weighted by atomic mass is 16.5. The number of aryl methyl sites for hydroxylation is 1. The minimum Gasteiger partial charge on any atom is -0.493 e. The standard InChI is InChI=1S/C23H30N4O5/c1-26-10-4-5-18(21(26)28)22(29)27-11-8-16(9-12-27)14-24-23(30)25-15-17-6-7-19(31-2)20(13-17)32-3/h4-7,10,13,16H,8-9,11-12,14-15H2,1-3H3,(H2,24,25,30). The Balaban J connectivity index is 1.42. The zero-order valence-electron chi connectivity index (χ0n) is 18.7. The van der Waals surface area contributed by atoms with Crippen molar-refractivity contribution in [3.05, 3.63) is 58.0 Å². The Kier molecular flexibility index (Phi) is 7.75. The number of piperidine rings is 1. The van der Waals surface area contributed by atoms with Crippen LogP contribution in [0, 0.1) is 5.92 Å². The van der Waals surface area contributed by atoms with Gasteiger partial charge in [0.15, 0.2) is 11.5 Å². The summed E-state index contributed by atoms with van der Waals surface area (Å²) >= 11 is 0. The van der Waals surface area contributed by atoms with Crippen molar-refractivity contribution in [2.45, 2.75) is 19.4 Å². The van der Waals surface area contributed by atoms with Crippen molar-refractivity contribution >= 4 is 11.9 Å². The number of aromatic nitrogens is 1. The summed E-state index contributed by atoms with van der Waals surface area (Å²) < 4.78 is 11.9. The van der Waals surface area contributed by atoms with Gasteiger partial charge in [-0.2, -0.15) is 0 Å². The van der Waals surface area contributed by atoms with Crippen molar-refractivity contribution in [2.24, 2.45) is 13.0 Å². The minimum absolute atomic E-state index is 0.195. The van der Waals surface area contributed by atoms with Gasteiger partial charge < -0.3 is 29.6 Å². The largest absolute Gasteiger partial charge is 0.493 e. The number of hydrogen-bond acceptors (Lipinski definition) is 5. The van der Waals surface area contributed by atoms with E-state index in [1.807, 2.05) is 12.1 Å². The summed E-state index contributed by atoms with van der Waals surface area (Å²) in [5.74, 6) is 1.30. The van der Waals surface area contributed by atoms with Gasteiger partial charge >= 0.3 is 6.03 Å². The number of benzene rings is 1. The molecule has 1 fully saturated rings. The lowest BCUT2D eigenvalue weighted by Crippen LogP contribution is -2.44. The van der Waals surface area contributed by atoms with Gasteiger partial charge in [0.2, 0.25) is 0 Å². The molecule has 32 heavy (non-hydrogen) atoms. The maximum absolute atomic E-state index is 12.7. The van der Waals surface area contributed by atoms with Crippen LogP contribution in [0.25, 0.3) is 0 Å². The van der Waals surface area contributed by atoms with Gasteiger partial charge in [-0.25, -0.2) is 4.79 Å². The van der Waals surface area contributed by atoms with Crippen LogP contribution in [0.15, 0.2) is 41.3 Å². The monoisotopic (exact) mass is 442 g/mol. The van der Waals surface area contributed by atoms with E-state index in [1.165, 1.54) is 4.57 Å². The average Bonchev–Trinajstić information content (AvgIpc) is 2.82. The summed E-state index contributed by atoms with van der Waals surface area (Å²) in [5, 5.41) is 5.74. The molecule has 1 aromatic heterocycles. The number of nitrogens with zero attached hydrogens (tertiary/aromatic N) is 2. The van der Waals surface area contributed by atoms with Crippen LogP contribution in [0.1, 0.15) is 28.8 Å². The first-order valence-electron chi connectivity index (χ1n) is 10.6. The number of pyridine rings is 1. The average molecular weight is 443 g/mol. The first-order valence-corrected chi connectivity index (χ1v) is 10.6. The number of nitrogens with one attached hydrogen (secondary N) is 2. The van der Waals surface area contributed by atoms with Crippen LogP contribution in [0.5, 0.6) is 11.5 Å². The first-order chi connectivity index (χ1) is 15.4. The van der Waals surface area contributed by atoms with Crippen LogP contribution >= 0.6 is 0 Å². The summed E-state index contributed by atoms with van der Waals surface area (Å²) in [7, 11) is 4.78. The predicted octanol–water partition coefficient (Wildman–Crippen LogP) is 1.75. The van der Waals surface area contributed by atoms with Crippen LogP contribution in [0.2, 0.25) is 0 Å². The molecule has 2 heterocycles.